The lowest BCUT2D eigenvalue weighted by Gasteiger charge is -2.44. The number of Topliss-reactive ketones (excluding diaryl/α,β-unsaturated/α-hetero) is 1. The number of epoxide rings is 2. The van der Waals surface area contributed by atoms with E-state index < -0.39 is 11.2 Å². The zero-order valence-electron chi connectivity index (χ0n) is 26.9. The van der Waals surface area contributed by atoms with Crippen LogP contribution in [0.2, 0.25) is 0 Å². The van der Waals surface area contributed by atoms with Crippen molar-refractivity contribution in [1.29, 1.82) is 0 Å². The highest BCUT2D eigenvalue weighted by molar-refractivity contribution is 6.02. The Morgan fingerprint density at radius 2 is 0.913 bits per heavy atom. The Kier molecular flexibility index (Phi) is 9.57. The lowest BCUT2D eigenvalue weighted by Crippen LogP contribution is -2.55. The highest BCUT2D eigenvalue weighted by Crippen LogP contribution is 2.47. The topological polar surface area (TPSA) is 79.1 Å². The van der Waals surface area contributed by atoms with E-state index in [-0.39, 0.29) is 30.2 Å². The normalized spacial score (nSPS) is 19.7. The van der Waals surface area contributed by atoms with Crippen LogP contribution in [0.5, 0.6) is 11.5 Å². The Hall–Kier alpha value is -4.01. The van der Waals surface area contributed by atoms with E-state index in [0.29, 0.717) is 60.2 Å². The molecule has 0 aliphatic carbocycles. The van der Waals surface area contributed by atoms with E-state index >= 15 is 4.79 Å². The predicted molar refractivity (Wildman–Crippen MR) is 175 cm³/mol. The van der Waals surface area contributed by atoms with Crippen LogP contribution in [0.25, 0.3) is 0 Å². The van der Waals surface area contributed by atoms with Crippen LogP contribution in [0.4, 0.5) is 0 Å². The monoisotopic (exact) mass is 622 g/mol. The van der Waals surface area contributed by atoms with Crippen molar-refractivity contribution in [2.45, 2.75) is 63.3 Å². The van der Waals surface area contributed by atoms with E-state index in [4.69, 9.17) is 28.4 Å². The third kappa shape index (κ3) is 6.88. The lowest BCUT2D eigenvalue weighted by molar-refractivity contribution is -0.172. The number of carbonyl (C=O) groups is 1. The van der Waals surface area contributed by atoms with Gasteiger partial charge in [-0.25, -0.2) is 0 Å². The molecular formula is C39H42O7. The van der Waals surface area contributed by atoms with Crippen molar-refractivity contribution >= 4 is 5.78 Å². The van der Waals surface area contributed by atoms with Gasteiger partial charge in [0.25, 0.3) is 0 Å². The first-order valence-electron chi connectivity index (χ1n) is 16.0. The molecular weight excluding hydrogens is 580 g/mol. The van der Waals surface area contributed by atoms with Crippen molar-refractivity contribution in [2.75, 3.05) is 26.4 Å². The molecule has 4 aromatic carbocycles. The Balaban J connectivity index is 1.54. The van der Waals surface area contributed by atoms with Crippen LogP contribution in [-0.2, 0) is 34.9 Å². The van der Waals surface area contributed by atoms with Gasteiger partial charge in [-0.2, -0.15) is 0 Å². The number of ketones is 1. The minimum Gasteiger partial charge on any atom is -0.491 e. The molecule has 4 aromatic rings. The molecule has 240 valence electrons. The molecule has 2 saturated heterocycles. The standard InChI is InChI=1S/C39H42O7/c1-27(2)45-38(29-11-7-5-8-12-29,31-15-19-33(20-16-31)41-23-35-25-43-35)37(40)39(46-28(3)4,30-13-9-6-10-14-30)32-17-21-34(22-18-32)42-24-36-26-44-36/h5-22,27-28,35-36H,23-26H2,1-4H3. The molecule has 0 N–H and O–H groups in total. The summed E-state index contributed by atoms with van der Waals surface area (Å²) in [6.07, 6.45) is -0.375. The summed E-state index contributed by atoms with van der Waals surface area (Å²) in [5.74, 6) is 1.12. The maximum atomic E-state index is 16.0. The largest absolute Gasteiger partial charge is 0.491 e. The fraction of sp³-hybridized carbons (Fsp3) is 0.359. The Bertz CT molecular complexity index is 1440. The maximum absolute atomic E-state index is 16.0. The van der Waals surface area contributed by atoms with Gasteiger partial charge < -0.3 is 28.4 Å². The predicted octanol–water partition coefficient (Wildman–Crippen LogP) is 6.85. The molecule has 0 aromatic heterocycles. The summed E-state index contributed by atoms with van der Waals surface area (Å²) in [4.78, 5) is 16.0. The van der Waals surface area contributed by atoms with Crippen molar-refractivity contribution in [3.05, 3.63) is 131 Å². The molecule has 2 aliphatic heterocycles. The molecule has 6 rings (SSSR count). The quantitative estimate of drug-likeness (QED) is 0.127. The molecule has 0 amide bonds. The average Bonchev–Trinajstić information content (AvgIpc) is 4.01. The van der Waals surface area contributed by atoms with E-state index in [1.165, 1.54) is 0 Å². The van der Waals surface area contributed by atoms with Crippen molar-refractivity contribution in [3.63, 3.8) is 0 Å². The summed E-state index contributed by atoms with van der Waals surface area (Å²) in [7, 11) is 0. The highest BCUT2D eigenvalue weighted by atomic mass is 16.6. The van der Waals surface area contributed by atoms with E-state index in [0.717, 1.165) is 0 Å². The van der Waals surface area contributed by atoms with Crippen molar-refractivity contribution in [3.8, 4) is 11.5 Å². The summed E-state index contributed by atoms with van der Waals surface area (Å²) in [5.41, 5.74) is -0.376. The SMILES string of the molecule is CC(C)OC(C(=O)C(OC(C)C)(c1ccccc1)c1ccc(OCC2CO2)cc1)(c1ccccc1)c1ccc(OCC2CO2)cc1. The van der Waals surface area contributed by atoms with Crippen LogP contribution in [0.15, 0.2) is 109 Å². The van der Waals surface area contributed by atoms with Gasteiger partial charge in [-0.1, -0.05) is 84.9 Å². The van der Waals surface area contributed by atoms with Crippen LogP contribution in [0, 0.1) is 0 Å². The third-order valence-corrected chi connectivity index (χ3v) is 8.02. The third-order valence-electron chi connectivity index (χ3n) is 8.02. The van der Waals surface area contributed by atoms with Gasteiger partial charge in [-0.15, -0.1) is 0 Å². The Labute approximate surface area is 271 Å². The molecule has 46 heavy (non-hydrogen) atoms. The van der Waals surface area contributed by atoms with E-state index in [1.54, 1.807) is 0 Å². The molecule has 2 fully saturated rings. The number of hydrogen-bond donors (Lipinski definition) is 0. The molecule has 4 unspecified atom stereocenters. The first kappa shape index (κ1) is 32.0. The van der Waals surface area contributed by atoms with Gasteiger partial charge in [0.2, 0.25) is 5.78 Å². The van der Waals surface area contributed by atoms with Gasteiger partial charge in [0.05, 0.1) is 25.4 Å². The number of benzene rings is 4. The van der Waals surface area contributed by atoms with E-state index in [2.05, 4.69) is 0 Å². The zero-order valence-corrected chi connectivity index (χ0v) is 26.9. The second kappa shape index (κ2) is 13.8. The molecule has 0 saturated carbocycles. The zero-order chi connectivity index (χ0) is 32.1. The van der Waals surface area contributed by atoms with Crippen LogP contribution in [0.3, 0.4) is 0 Å². The van der Waals surface area contributed by atoms with Crippen molar-refractivity contribution < 1.29 is 33.2 Å². The van der Waals surface area contributed by atoms with Crippen molar-refractivity contribution in [2.24, 2.45) is 0 Å². The van der Waals surface area contributed by atoms with Gasteiger partial charge in [0.15, 0.2) is 11.2 Å². The summed E-state index contributed by atoms with van der Waals surface area (Å²) in [5, 5.41) is 0. The van der Waals surface area contributed by atoms with Crippen LogP contribution >= 0.6 is 0 Å². The minimum atomic E-state index is -1.56. The van der Waals surface area contributed by atoms with Gasteiger partial charge in [-0.05, 0) is 74.2 Å². The first-order valence-corrected chi connectivity index (χ1v) is 16.0. The fourth-order valence-corrected chi connectivity index (χ4v) is 5.82. The van der Waals surface area contributed by atoms with Gasteiger partial charge in [0, 0.05) is 0 Å². The fourth-order valence-electron chi connectivity index (χ4n) is 5.82. The number of rotatable bonds is 16. The average molecular weight is 623 g/mol. The van der Waals surface area contributed by atoms with Gasteiger partial charge in [-0.3, -0.25) is 4.79 Å². The molecule has 7 nitrogen and oxygen atoms in total. The van der Waals surface area contributed by atoms with Crippen LogP contribution in [0.1, 0.15) is 49.9 Å². The summed E-state index contributed by atoms with van der Waals surface area (Å²) in [6, 6.07) is 34.5. The highest BCUT2D eigenvalue weighted by Gasteiger charge is 2.57. The summed E-state index contributed by atoms with van der Waals surface area (Å²) >= 11 is 0. The molecule has 0 bridgehead atoms. The summed E-state index contributed by atoms with van der Waals surface area (Å²) < 4.78 is 36.4. The second-order valence-electron chi connectivity index (χ2n) is 12.3. The second-order valence-corrected chi connectivity index (χ2v) is 12.3. The van der Waals surface area contributed by atoms with Crippen LogP contribution in [-0.4, -0.2) is 56.6 Å². The molecule has 2 heterocycles. The first-order chi connectivity index (χ1) is 22.3. The van der Waals surface area contributed by atoms with Gasteiger partial charge >= 0.3 is 0 Å². The number of hydrogen-bond acceptors (Lipinski definition) is 7. The minimum absolute atomic E-state index is 0.132. The number of ether oxygens (including phenoxy) is 6. The van der Waals surface area contributed by atoms with Crippen molar-refractivity contribution in [1.82, 2.24) is 0 Å². The molecule has 0 radical (unpaired) electrons. The Morgan fingerprint density at radius 1 is 0.587 bits per heavy atom. The lowest BCUT2D eigenvalue weighted by atomic mass is 9.70. The molecule has 0 spiro atoms. The number of carbonyl (C=O) groups excluding carboxylic acids is 1. The molecule has 2 aliphatic rings. The van der Waals surface area contributed by atoms with Gasteiger partial charge in [0.1, 0.15) is 36.9 Å². The maximum Gasteiger partial charge on any atom is 0.214 e. The molecule has 7 heteroatoms. The van der Waals surface area contributed by atoms with Crippen LogP contribution < -0.4 is 9.47 Å². The van der Waals surface area contributed by atoms with E-state index in [9.17, 15) is 0 Å². The van der Waals surface area contributed by atoms with E-state index in [1.807, 2.05) is 137 Å². The summed E-state index contributed by atoms with van der Waals surface area (Å²) in [6.45, 7) is 10.2. The molecule has 4 atom stereocenters. The Morgan fingerprint density at radius 3 is 1.22 bits per heavy atom. The smallest absolute Gasteiger partial charge is 0.214 e.